The van der Waals surface area contributed by atoms with Crippen LogP contribution in [0.2, 0.25) is 0 Å². The summed E-state index contributed by atoms with van der Waals surface area (Å²) in [5.41, 5.74) is 4.84. The van der Waals surface area contributed by atoms with Crippen molar-refractivity contribution in [3.8, 4) is 28.4 Å². The number of rotatable bonds is 8. The summed E-state index contributed by atoms with van der Waals surface area (Å²) >= 11 is 0. The Kier molecular flexibility index (Phi) is 7.86. The van der Waals surface area contributed by atoms with Crippen molar-refractivity contribution in [2.24, 2.45) is 10.7 Å². The molecule has 0 aliphatic heterocycles. The number of ether oxygens (including phenoxy) is 2. The van der Waals surface area contributed by atoms with Gasteiger partial charge in [-0.2, -0.15) is 13.2 Å². The minimum Gasteiger partial charge on any atom is -0.462 e. The lowest BCUT2D eigenvalue weighted by molar-refractivity contribution is -0.138. The maximum atomic E-state index is 13.6. The zero-order valence-corrected chi connectivity index (χ0v) is 20.1. The first-order chi connectivity index (χ1) is 18.3. The predicted octanol–water partition coefficient (Wildman–Crippen LogP) is 5.77. The molecule has 2 N–H and O–H groups in total. The highest BCUT2D eigenvalue weighted by molar-refractivity contribution is 6.22. The standard InChI is InChI=1S/C27H22F3N5O3/c1-2-37-26(36)23(16-31)25(27(28,29)30)32-19-10-12-20(13-11-19)35-17-24(33-34-35)18-8-14-22(15-9-18)38-21-6-4-3-5-7-21/h3-17H,2,31H2,1H3. The average molecular weight is 521 g/mol. The van der Waals surface area contributed by atoms with E-state index in [4.69, 9.17) is 10.5 Å². The number of para-hydroxylation sites is 1. The Morgan fingerprint density at radius 1 is 1.00 bits per heavy atom. The van der Waals surface area contributed by atoms with Crippen molar-refractivity contribution in [1.82, 2.24) is 15.0 Å². The van der Waals surface area contributed by atoms with Crippen LogP contribution in [0.4, 0.5) is 18.9 Å². The summed E-state index contributed by atoms with van der Waals surface area (Å²) < 4.78 is 52.8. The number of hydrogen-bond acceptors (Lipinski definition) is 7. The van der Waals surface area contributed by atoms with Gasteiger partial charge in [-0.05, 0) is 67.6 Å². The molecular formula is C27H22F3N5O3. The van der Waals surface area contributed by atoms with Crippen LogP contribution in [0.5, 0.6) is 11.5 Å². The lowest BCUT2D eigenvalue weighted by Crippen LogP contribution is -2.30. The van der Waals surface area contributed by atoms with Crippen molar-refractivity contribution < 1.29 is 27.4 Å². The van der Waals surface area contributed by atoms with Gasteiger partial charge in [0.15, 0.2) is 5.71 Å². The Hall–Kier alpha value is -4.93. The highest BCUT2D eigenvalue weighted by atomic mass is 19.4. The number of carbonyl (C=O) groups excluding carboxylic acids is 1. The highest BCUT2D eigenvalue weighted by Crippen LogP contribution is 2.28. The van der Waals surface area contributed by atoms with Crippen LogP contribution in [-0.4, -0.2) is 39.5 Å². The van der Waals surface area contributed by atoms with E-state index in [9.17, 15) is 18.0 Å². The molecule has 194 valence electrons. The lowest BCUT2D eigenvalue weighted by atomic mass is 10.1. The average Bonchev–Trinajstić information content (AvgIpc) is 3.40. The molecule has 0 saturated carbocycles. The third kappa shape index (κ3) is 6.25. The van der Waals surface area contributed by atoms with E-state index in [1.54, 1.807) is 6.20 Å². The molecule has 0 saturated heterocycles. The van der Waals surface area contributed by atoms with Crippen LogP contribution in [-0.2, 0) is 9.53 Å². The third-order valence-corrected chi connectivity index (χ3v) is 5.16. The number of aromatic nitrogens is 3. The van der Waals surface area contributed by atoms with E-state index >= 15 is 0 Å². The molecule has 0 fully saturated rings. The molecule has 0 aliphatic rings. The van der Waals surface area contributed by atoms with Crippen molar-refractivity contribution in [2.75, 3.05) is 6.61 Å². The zero-order valence-electron chi connectivity index (χ0n) is 20.1. The number of benzene rings is 3. The summed E-state index contributed by atoms with van der Waals surface area (Å²) in [4.78, 5) is 15.6. The number of alkyl halides is 3. The number of halogens is 3. The predicted molar refractivity (Wildman–Crippen MR) is 135 cm³/mol. The Morgan fingerprint density at radius 2 is 1.66 bits per heavy atom. The van der Waals surface area contributed by atoms with Crippen LogP contribution in [0.25, 0.3) is 16.9 Å². The fourth-order valence-corrected chi connectivity index (χ4v) is 3.38. The van der Waals surface area contributed by atoms with Gasteiger partial charge in [0, 0.05) is 11.8 Å². The van der Waals surface area contributed by atoms with Gasteiger partial charge in [-0.1, -0.05) is 23.4 Å². The van der Waals surface area contributed by atoms with Gasteiger partial charge in [0.25, 0.3) is 0 Å². The number of nitrogens with zero attached hydrogens (tertiary/aromatic N) is 4. The molecule has 3 aromatic carbocycles. The number of nitrogens with two attached hydrogens (primary N) is 1. The molecule has 0 aliphatic carbocycles. The first-order valence-electron chi connectivity index (χ1n) is 11.4. The normalized spacial score (nSPS) is 12.3. The summed E-state index contributed by atoms with van der Waals surface area (Å²) in [5, 5.41) is 8.27. The zero-order chi connectivity index (χ0) is 27.1. The van der Waals surface area contributed by atoms with Gasteiger partial charge in [-0.15, -0.1) is 5.10 Å². The van der Waals surface area contributed by atoms with E-state index < -0.39 is 23.4 Å². The van der Waals surface area contributed by atoms with Gasteiger partial charge < -0.3 is 15.2 Å². The van der Waals surface area contributed by atoms with Crippen molar-refractivity contribution in [3.05, 3.63) is 96.8 Å². The summed E-state index contributed by atoms with van der Waals surface area (Å²) in [6, 6.07) is 22.5. The second kappa shape index (κ2) is 11.4. The number of esters is 1. The van der Waals surface area contributed by atoms with Gasteiger partial charge in [-0.25, -0.2) is 14.5 Å². The molecule has 4 aromatic rings. The van der Waals surface area contributed by atoms with Crippen LogP contribution in [0.15, 0.2) is 102 Å². The first-order valence-corrected chi connectivity index (χ1v) is 11.4. The Balaban J connectivity index is 1.52. The van der Waals surface area contributed by atoms with E-state index in [0.717, 1.165) is 11.3 Å². The molecule has 4 rings (SSSR count). The van der Waals surface area contributed by atoms with Crippen LogP contribution >= 0.6 is 0 Å². The van der Waals surface area contributed by atoms with Crippen molar-refractivity contribution in [3.63, 3.8) is 0 Å². The smallest absolute Gasteiger partial charge is 0.434 e. The fourth-order valence-electron chi connectivity index (χ4n) is 3.38. The Bertz CT molecular complexity index is 1450. The van der Waals surface area contributed by atoms with Crippen molar-refractivity contribution >= 4 is 17.4 Å². The Labute approximate surface area is 215 Å². The van der Waals surface area contributed by atoms with Crippen LogP contribution in [0.1, 0.15) is 6.92 Å². The maximum absolute atomic E-state index is 13.6. The lowest BCUT2D eigenvalue weighted by Gasteiger charge is -2.13. The monoisotopic (exact) mass is 521 g/mol. The molecule has 0 bridgehead atoms. The molecule has 0 unspecified atom stereocenters. The highest BCUT2D eigenvalue weighted by Gasteiger charge is 2.41. The molecular weight excluding hydrogens is 499 g/mol. The molecule has 0 spiro atoms. The number of hydrogen-bond donors (Lipinski definition) is 1. The van der Waals surface area contributed by atoms with Gasteiger partial charge in [0.05, 0.1) is 24.2 Å². The molecule has 0 atom stereocenters. The van der Waals surface area contributed by atoms with Gasteiger partial charge in [0.1, 0.15) is 22.8 Å². The largest absolute Gasteiger partial charge is 0.462 e. The first kappa shape index (κ1) is 26.1. The van der Waals surface area contributed by atoms with Crippen molar-refractivity contribution in [2.45, 2.75) is 13.1 Å². The number of aliphatic imine (C=N–C) groups is 1. The van der Waals surface area contributed by atoms with E-state index in [-0.39, 0.29) is 12.3 Å². The molecule has 1 aromatic heterocycles. The summed E-state index contributed by atoms with van der Waals surface area (Å²) in [6.07, 6.45) is -2.71. The van der Waals surface area contributed by atoms with Gasteiger partial charge in [0.2, 0.25) is 0 Å². The van der Waals surface area contributed by atoms with E-state index in [2.05, 4.69) is 20.0 Å². The topological polar surface area (TPSA) is 105 Å². The Morgan fingerprint density at radius 3 is 2.26 bits per heavy atom. The molecule has 38 heavy (non-hydrogen) atoms. The van der Waals surface area contributed by atoms with E-state index in [1.165, 1.54) is 35.9 Å². The third-order valence-electron chi connectivity index (χ3n) is 5.16. The summed E-state index contributed by atoms with van der Waals surface area (Å²) in [5.74, 6) is 0.173. The maximum Gasteiger partial charge on any atom is 0.434 e. The molecule has 0 amide bonds. The second-order valence-corrected chi connectivity index (χ2v) is 7.76. The van der Waals surface area contributed by atoms with Crippen LogP contribution in [0.3, 0.4) is 0 Å². The SMILES string of the molecule is CCOC(=O)C(=CN)C(=Nc1ccc(-n2cc(-c3ccc(Oc4ccccc4)cc3)nn2)cc1)C(F)(F)F. The van der Waals surface area contributed by atoms with Crippen LogP contribution < -0.4 is 10.5 Å². The quantitative estimate of drug-likeness (QED) is 0.179. The molecule has 1 heterocycles. The minimum atomic E-state index is -4.93. The van der Waals surface area contributed by atoms with E-state index in [1.807, 2.05) is 54.6 Å². The van der Waals surface area contributed by atoms with Crippen LogP contribution in [0, 0.1) is 0 Å². The number of carbonyl (C=O) groups is 1. The van der Waals surface area contributed by atoms with Gasteiger partial charge >= 0.3 is 12.1 Å². The minimum absolute atomic E-state index is 0.0425. The van der Waals surface area contributed by atoms with Gasteiger partial charge in [-0.3, -0.25) is 0 Å². The molecule has 8 nitrogen and oxygen atoms in total. The molecule has 0 radical (unpaired) electrons. The van der Waals surface area contributed by atoms with E-state index in [0.29, 0.717) is 23.3 Å². The second-order valence-electron chi connectivity index (χ2n) is 7.76. The summed E-state index contributed by atoms with van der Waals surface area (Å²) in [7, 11) is 0. The molecule has 11 heteroatoms. The summed E-state index contributed by atoms with van der Waals surface area (Å²) in [6.45, 7) is 1.36. The van der Waals surface area contributed by atoms with Crippen molar-refractivity contribution in [1.29, 1.82) is 0 Å². The fraction of sp³-hybridized carbons (Fsp3) is 0.111.